The van der Waals surface area contributed by atoms with Crippen molar-refractivity contribution in [2.45, 2.75) is 50.2 Å². The maximum atomic E-state index is 13.0. The fourth-order valence-electron chi connectivity index (χ4n) is 6.87. The SMILES string of the molecule is CCCc1ccc(OCC(=O)Nc2nc3c(ncn3[C@H]3C[C@H](O)[C@@H](COC(c4ccccc4)(c4ccc(OC)cc4)c4ccc(OC)cc4)O3)c(=O)[nH]2)cc1. The Labute approximate surface area is 317 Å². The van der Waals surface area contributed by atoms with Crippen LogP contribution in [0.1, 0.15) is 48.2 Å². The van der Waals surface area contributed by atoms with E-state index in [1.807, 2.05) is 103 Å². The zero-order chi connectivity index (χ0) is 38.4. The number of nitrogens with zero attached hydrogens (tertiary/aromatic N) is 3. The number of aliphatic hydroxyl groups is 1. The fraction of sp³-hybridized carbons (Fsp3) is 0.286. The molecule has 0 radical (unpaired) electrons. The van der Waals surface area contributed by atoms with Gasteiger partial charge in [-0.2, -0.15) is 4.98 Å². The number of aryl methyl sites for hydroxylation is 1. The second-order valence-electron chi connectivity index (χ2n) is 13.2. The van der Waals surface area contributed by atoms with Crippen LogP contribution in [0.25, 0.3) is 11.2 Å². The summed E-state index contributed by atoms with van der Waals surface area (Å²) in [6.07, 6.45) is 1.16. The minimum Gasteiger partial charge on any atom is -0.497 e. The van der Waals surface area contributed by atoms with Crippen LogP contribution in [0, 0.1) is 0 Å². The Hall–Kier alpha value is -6.02. The van der Waals surface area contributed by atoms with Gasteiger partial charge in [0, 0.05) is 6.42 Å². The molecule has 1 aliphatic heterocycles. The van der Waals surface area contributed by atoms with Crippen molar-refractivity contribution in [2.24, 2.45) is 0 Å². The first-order chi connectivity index (χ1) is 26.8. The van der Waals surface area contributed by atoms with Crippen molar-refractivity contribution in [1.29, 1.82) is 0 Å². The lowest BCUT2D eigenvalue weighted by Crippen LogP contribution is -2.38. The number of imidazole rings is 1. The van der Waals surface area contributed by atoms with Gasteiger partial charge in [0.05, 0.1) is 33.3 Å². The molecule has 7 rings (SSSR count). The molecule has 0 unspecified atom stereocenters. The number of carbonyl (C=O) groups is 1. The second kappa shape index (κ2) is 16.6. The summed E-state index contributed by atoms with van der Waals surface area (Å²) >= 11 is 0. The highest BCUT2D eigenvalue weighted by Crippen LogP contribution is 2.43. The predicted octanol–water partition coefficient (Wildman–Crippen LogP) is 5.76. The van der Waals surface area contributed by atoms with E-state index in [1.54, 1.807) is 18.8 Å². The summed E-state index contributed by atoms with van der Waals surface area (Å²) in [4.78, 5) is 37.1. The summed E-state index contributed by atoms with van der Waals surface area (Å²) in [6.45, 7) is 1.82. The molecule has 0 bridgehead atoms. The standard InChI is InChI=1S/C42H43N5O8/c1-4-8-27-11-17-33(18-12-27)53-25-36(49)44-41-45-39-38(40(50)46-41)43-26-47(39)37-23-34(48)35(55-37)24-54-42(28-9-6-5-7-10-28,29-13-19-31(51-2)20-14-29)30-15-21-32(52-3)22-16-30/h5-7,9-22,26,34-35,37,48H,4,8,23-25H2,1-3H3,(H2,44,45,46,49,50)/t34-,35+,37+/m0/s1. The quantitative estimate of drug-likeness (QED) is 0.110. The van der Waals surface area contributed by atoms with Crippen LogP contribution < -0.4 is 25.1 Å². The van der Waals surface area contributed by atoms with Gasteiger partial charge in [0.15, 0.2) is 17.8 Å². The summed E-state index contributed by atoms with van der Waals surface area (Å²) in [5.74, 6) is 1.36. The molecule has 4 aromatic carbocycles. The van der Waals surface area contributed by atoms with E-state index in [9.17, 15) is 14.7 Å². The number of amides is 1. The Morgan fingerprint density at radius 1 is 0.909 bits per heavy atom. The van der Waals surface area contributed by atoms with Gasteiger partial charge in [-0.25, -0.2) is 4.98 Å². The number of fused-ring (bicyclic) bond motifs is 1. The zero-order valence-electron chi connectivity index (χ0n) is 30.8. The molecule has 3 heterocycles. The fourth-order valence-corrected chi connectivity index (χ4v) is 6.87. The first kappa shape index (κ1) is 37.3. The molecule has 3 N–H and O–H groups in total. The molecule has 13 heteroatoms. The van der Waals surface area contributed by atoms with Crippen LogP contribution in [0.15, 0.2) is 114 Å². The van der Waals surface area contributed by atoms with Crippen LogP contribution in [0.3, 0.4) is 0 Å². The van der Waals surface area contributed by atoms with Crippen LogP contribution in [0.4, 0.5) is 5.95 Å². The third-order valence-electron chi connectivity index (χ3n) is 9.67. The number of benzene rings is 4. The Balaban J connectivity index is 1.11. The number of nitrogens with one attached hydrogen (secondary N) is 2. The highest BCUT2D eigenvalue weighted by atomic mass is 16.6. The minimum atomic E-state index is -1.12. The average Bonchev–Trinajstić information content (AvgIpc) is 3.82. The van der Waals surface area contributed by atoms with Crippen LogP contribution >= 0.6 is 0 Å². The molecule has 13 nitrogen and oxygen atoms in total. The van der Waals surface area contributed by atoms with Gasteiger partial charge < -0.3 is 28.8 Å². The van der Waals surface area contributed by atoms with Crippen LogP contribution in [0.2, 0.25) is 0 Å². The number of aromatic amines is 1. The molecule has 6 aromatic rings. The zero-order valence-corrected chi connectivity index (χ0v) is 30.8. The van der Waals surface area contributed by atoms with Crippen molar-refractivity contribution in [2.75, 3.05) is 32.8 Å². The molecule has 55 heavy (non-hydrogen) atoms. The first-order valence-corrected chi connectivity index (χ1v) is 18.1. The van der Waals surface area contributed by atoms with E-state index in [1.165, 1.54) is 11.9 Å². The van der Waals surface area contributed by atoms with E-state index in [0.717, 1.165) is 29.5 Å². The van der Waals surface area contributed by atoms with E-state index < -0.39 is 35.5 Å². The van der Waals surface area contributed by atoms with Gasteiger partial charge in [0.25, 0.3) is 11.5 Å². The molecule has 2 aromatic heterocycles. The van der Waals surface area contributed by atoms with Gasteiger partial charge in [-0.3, -0.25) is 24.5 Å². The van der Waals surface area contributed by atoms with Crippen molar-refractivity contribution in [1.82, 2.24) is 19.5 Å². The van der Waals surface area contributed by atoms with E-state index >= 15 is 0 Å². The number of anilines is 1. The van der Waals surface area contributed by atoms with Gasteiger partial charge in [0.1, 0.15) is 35.2 Å². The number of methoxy groups -OCH3 is 2. The lowest BCUT2D eigenvalue weighted by Gasteiger charge is -2.37. The molecule has 0 saturated carbocycles. The number of ether oxygens (including phenoxy) is 5. The lowest BCUT2D eigenvalue weighted by atomic mass is 9.80. The molecule has 0 aliphatic carbocycles. The summed E-state index contributed by atoms with van der Waals surface area (Å²) in [5.41, 5.74) is 2.30. The number of hydrogen-bond acceptors (Lipinski definition) is 10. The Morgan fingerprint density at radius 2 is 1.53 bits per heavy atom. The highest BCUT2D eigenvalue weighted by Gasteiger charge is 2.42. The molecule has 1 saturated heterocycles. The summed E-state index contributed by atoms with van der Waals surface area (Å²) in [6, 6.07) is 32.7. The van der Waals surface area contributed by atoms with Gasteiger partial charge in [-0.15, -0.1) is 0 Å². The average molecular weight is 746 g/mol. The molecule has 1 aliphatic rings. The normalized spacial score (nSPS) is 16.9. The molecule has 1 fully saturated rings. The molecule has 284 valence electrons. The van der Waals surface area contributed by atoms with Crippen molar-refractivity contribution >= 4 is 23.0 Å². The van der Waals surface area contributed by atoms with Crippen molar-refractivity contribution in [3.05, 3.63) is 142 Å². The van der Waals surface area contributed by atoms with Crippen molar-refractivity contribution in [3.8, 4) is 17.2 Å². The number of hydrogen-bond donors (Lipinski definition) is 3. The maximum Gasteiger partial charge on any atom is 0.280 e. The van der Waals surface area contributed by atoms with E-state index in [0.29, 0.717) is 17.2 Å². The number of aromatic nitrogens is 4. The van der Waals surface area contributed by atoms with Gasteiger partial charge in [-0.05, 0) is 65.1 Å². The van der Waals surface area contributed by atoms with Crippen molar-refractivity contribution in [3.63, 3.8) is 0 Å². The van der Waals surface area contributed by atoms with Gasteiger partial charge in [-0.1, -0.05) is 80.1 Å². The lowest BCUT2D eigenvalue weighted by molar-refractivity contribution is -0.118. The molecular weight excluding hydrogens is 702 g/mol. The number of carbonyl (C=O) groups excluding carboxylic acids is 1. The third-order valence-corrected chi connectivity index (χ3v) is 9.67. The summed E-state index contributed by atoms with van der Waals surface area (Å²) < 4.78 is 31.5. The van der Waals surface area contributed by atoms with Gasteiger partial charge in [0.2, 0.25) is 5.95 Å². The molecular formula is C42H43N5O8. The van der Waals surface area contributed by atoms with Crippen LogP contribution in [-0.2, 0) is 26.3 Å². The summed E-state index contributed by atoms with van der Waals surface area (Å²) in [5, 5.41) is 14.0. The summed E-state index contributed by atoms with van der Waals surface area (Å²) in [7, 11) is 3.23. The van der Waals surface area contributed by atoms with Crippen molar-refractivity contribution < 1.29 is 33.6 Å². The van der Waals surface area contributed by atoms with Crippen LogP contribution in [0.5, 0.6) is 17.2 Å². The topological polar surface area (TPSA) is 159 Å². The smallest absolute Gasteiger partial charge is 0.280 e. The van der Waals surface area contributed by atoms with Gasteiger partial charge >= 0.3 is 0 Å². The Bertz CT molecular complexity index is 2210. The van der Waals surface area contributed by atoms with E-state index in [4.69, 9.17) is 23.7 Å². The predicted molar refractivity (Wildman–Crippen MR) is 206 cm³/mol. The maximum absolute atomic E-state index is 13.0. The number of aliphatic hydroxyl groups excluding tert-OH is 1. The molecule has 1 amide bonds. The van der Waals surface area contributed by atoms with E-state index in [2.05, 4.69) is 27.2 Å². The minimum absolute atomic E-state index is 0.00605. The Kier molecular flexibility index (Phi) is 11.2. The largest absolute Gasteiger partial charge is 0.497 e. The first-order valence-electron chi connectivity index (χ1n) is 18.1. The number of rotatable bonds is 15. The van der Waals surface area contributed by atoms with E-state index in [-0.39, 0.29) is 36.7 Å². The monoisotopic (exact) mass is 745 g/mol. The molecule has 3 atom stereocenters. The highest BCUT2D eigenvalue weighted by molar-refractivity contribution is 5.90. The number of H-pyrrole nitrogens is 1. The molecule has 0 spiro atoms. The van der Waals surface area contributed by atoms with Crippen LogP contribution in [-0.4, -0.2) is 70.2 Å². The third kappa shape index (κ3) is 7.95. The second-order valence-corrected chi connectivity index (χ2v) is 13.2. The Morgan fingerprint density at radius 3 is 2.15 bits per heavy atom.